The van der Waals surface area contributed by atoms with E-state index in [-0.39, 0.29) is 5.54 Å². The zero-order valence-electron chi connectivity index (χ0n) is 9.92. The predicted octanol–water partition coefficient (Wildman–Crippen LogP) is 3.31. The Balaban J connectivity index is 2.08. The van der Waals surface area contributed by atoms with Gasteiger partial charge in [0.05, 0.1) is 0 Å². The van der Waals surface area contributed by atoms with Gasteiger partial charge in [0.2, 0.25) is 0 Å². The quantitative estimate of drug-likeness (QED) is 0.769. The number of nitrogens with one attached hydrogen (secondary N) is 1. The molecule has 0 bridgehead atoms. The monoisotopic (exact) mass is 223 g/mol. The molecule has 0 fully saturated rings. The van der Waals surface area contributed by atoms with Crippen LogP contribution in [0.2, 0.25) is 0 Å². The molecule has 84 valence electrons. The Morgan fingerprint density at radius 3 is 2.40 bits per heavy atom. The molecule has 1 rings (SSSR count). The van der Waals surface area contributed by atoms with E-state index in [1.807, 2.05) is 11.8 Å². The van der Waals surface area contributed by atoms with E-state index < -0.39 is 0 Å². The Morgan fingerprint density at radius 1 is 1.13 bits per heavy atom. The molecule has 0 aliphatic carbocycles. The molecular formula is C13H21NS. The summed E-state index contributed by atoms with van der Waals surface area (Å²) >= 11 is 1.98. The fourth-order valence-corrected chi connectivity index (χ4v) is 2.08. The molecule has 2 heteroatoms. The van der Waals surface area contributed by atoms with Crippen LogP contribution in [0.15, 0.2) is 30.3 Å². The fourth-order valence-electron chi connectivity index (χ4n) is 1.26. The van der Waals surface area contributed by atoms with Crippen molar-refractivity contribution in [2.45, 2.75) is 32.1 Å². The van der Waals surface area contributed by atoms with Gasteiger partial charge in [-0.3, -0.25) is 0 Å². The van der Waals surface area contributed by atoms with Gasteiger partial charge in [-0.05, 0) is 26.3 Å². The summed E-state index contributed by atoms with van der Waals surface area (Å²) in [5, 5.41) is 3.49. The minimum atomic E-state index is 0.243. The van der Waals surface area contributed by atoms with E-state index >= 15 is 0 Å². The smallest absolute Gasteiger partial charge is 0.0185 e. The highest BCUT2D eigenvalue weighted by Gasteiger charge is 2.06. The summed E-state index contributed by atoms with van der Waals surface area (Å²) in [6, 6.07) is 10.6. The van der Waals surface area contributed by atoms with Crippen LogP contribution in [-0.4, -0.2) is 17.8 Å². The molecule has 1 N–H and O–H groups in total. The predicted molar refractivity (Wildman–Crippen MR) is 70.4 cm³/mol. The maximum absolute atomic E-state index is 3.49. The van der Waals surface area contributed by atoms with E-state index in [1.165, 1.54) is 11.3 Å². The molecule has 0 spiro atoms. The van der Waals surface area contributed by atoms with Crippen LogP contribution in [0.25, 0.3) is 0 Å². The Morgan fingerprint density at radius 2 is 1.80 bits per heavy atom. The zero-order chi connectivity index (χ0) is 11.1. The second-order valence-electron chi connectivity index (χ2n) is 4.71. The summed E-state index contributed by atoms with van der Waals surface area (Å²) < 4.78 is 0. The maximum Gasteiger partial charge on any atom is 0.0185 e. The third kappa shape index (κ3) is 6.58. The van der Waals surface area contributed by atoms with Crippen molar-refractivity contribution in [2.24, 2.45) is 0 Å². The largest absolute Gasteiger partial charge is 0.311 e. The van der Waals surface area contributed by atoms with Gasteiger partial charge < -0.3 is 5.32 Å². The highest BCUT2D eigenvalue weighted by molar-refractivity contribution is 7.98. The Labute approximate surface area is 97.7 Å². The Kier molecular flexibility index (Phi) is 5.20. The van der Waals surface area contributed by atoms with Crippen molar-refractivity contribution in [2.75, 3.05) is 12.3 Å². The molecular weight excluding hydrogens is 202 g/mol. The minimum Gasteiger partial charge on any atom is -0.311 e. The van der Waals surface area contributed by atoms with Crippen molar-refractivity contribution in [1.29, 1.82) is 0 Å². The van der Waals surface area contributed by atoms with Crippen molar-refractivity contribution in [1.82, 2.24) is 5.32 Å². The van der Waals surface area contributed by atoms with Crippen LogP contribution in [0.4, 0.5) is 0 Å². The number of thioether (sulfide) groups is 1. The Hall–Kier alpha value is -0.470. The van der Waals surface area contributed by atoms with Gasteiger partial charge in [-0.15, -0.1) is 0 Å². The highest BCUT2D eigenvalue weighted by Crippen LogP contribution is 2.11. The lowest BCUT2D eigenvalue weighted by Crippen LogP contribution is -2.37. The van der Waals surface area contributed by atoms with Crippen LogP contribution in [0.5, 0.6) is 0 Å². The second kappa shape index (κ2) is 6.19. The number of benzene rings is 1. The lowest BCUT2D eigenvalue weighted by Gasteiger charge is -2.20. The molecule has 1 aromatic carbocycles. The van der Waals surface area contributed by atoms with Crippen molar-refractivity contribution in [3.63, 3.8) is 0 Å². The van der Waals surface area contributed by atoms with E-state index in [9.17, 15) is 0 Å². The van der Waals surface area contributed by atoms with Gasteiger partial charge >= 0.3 is 0 Å². The summed E-state index contributed by atoms with van der Waals surface area (Å²) in [6.07, 6.45) is 0. The number of rotatable bonds is 5. The summed E-state index contributed by atoms with van der Waals surface area (Å²) in [5.74, 6) is 2.29. The Bertz CT molecular complexity index is 264. The van der Waals surface area contributed by atoms with Gasteiger partial charge in [0, 0.05) is 23.6 Å². The van der Waals surface area contributed by atoms with E-state index in [4.69, 9.17) is 0 Å². The van der Waals surface area contributed by atoms with Crippen LogP contribution < -0.4 is 5.32 Å². The lowest BCUT2D eigenvalue weighted by molar-refractivity contribution is 0.441. The zero-order valence-corrected chi connectivity index (χ0v) is 10.7. The summed E-state index contributed by atoms with van der Waals surface area (Å²) in [5.41, 5.74) is 1.66. The highest BCUT2D eigenvalue weighted by atomic mass is 32.2. The van der Waals surface area contributed by atoms with Gasteiger partial charge in [-0.2, -0.15) is 11.8 Å². The molecule has 0 saturated heterocycles. The fraction of sp³-hybridized carbons (Fsp3) is 0.538. The normalized spacial score (nSPS) is 11.7. The molecule has 0 radical (unpaired) electrons. The standard InChI is InChI=1S/C13H21NS/c1-13(2,3)14-9-10-15-11-12-7-5-4-6-8-12/h4-8,14H,9-11H2,1-3H3. The average molecular weight is 223 g/mol. The number of hydrogen-bond donors (Lipinski definition) is 1. The summed E-state index contributed by atoms with van der Waals surface area (Å²) in [7, 11) is 0. The van der Waals surface area contributed by atoms with Gasteiger partial charge in [0.15, 0.2) is 0 Å². The third-order valence-electron chi connectivity index (χ3n) is 2.01. The average Bonchev–Trinajstić information content (AvgIpc) is 2.17. The topological polar surface area (TPSA) is 12.0 Å². The molecule has 0 atom stereocenters. The summed E-state index contributed by atoms with van der Waals surface area (Å²) in [4.78, 5) is 0. The first kappa shape index (κ1) is 12.6. The van der Waals surface area contributed by atoms with Crippen molar-refractivity contribution >= 4 is 11.8 Å². The molecule has 0 aromatic heterocycles. The maximum atomic E-state index is 3.49. The van der Waals surface area contributed by atoms with E-state index in [0.29, 0.717) is 0 Å². The van der Waals surface area contributed by atoms with Gasteiger partial charge in [0.25, 0.3) is 0 Å². The van der Waals surface area contributed by atoms with Crippen LogP contribution in [0.1, 0.15) is 26.3 Å². The lowest BCUT2D eigenvalue weighted by atomic mass is 10.1. The van der Waals surface area contributed by atoms with E-state index in [2.05, 4.69) is 56.4 Å². The molecule has 0 aliphatic heterocycles. The number of hydrogen-bond acceptors (Lipinski definition) is 2. The SMILES string of the molecule is CC(C)(C)NCCSCc1ccccc1. The molecule has 15 heavy (non-hydrogen) atoms. The molecule has 1 nitrogen and oxygen atoms in total. The van der Waals surface area contributed by atoms with Crippen LogP contribution in [-0.2, 0) is 5.75 Å². The van der Waals surface area contributed by atoms with E-state index in [1.54, 1.807) is 0 Å². The van der Waals surface area contributed by atoms with Crippen molar-refractivity contribution < 1.29 is 0 Å². The van der Waals surface area contributed by atoms with Gasteiger partial charge in [-0.1, -0.05) is 30.3 Å². The summed E-state index contributed by atoms with van der Waals surface area (Å²) in [6.45, 7) is 7.69. The molecule has 0 heterocycles. The molecule has 0 unspecified atom stereocenters. The van der Waals surface area contributed by atoms with Gasteiger partial charge in [0.1, 0.15) is 0 Å². The van der Waals surface area contributed by atoms with E-state index in [0.717, 1.165) is 12.3 Å². The van der Waals surface area contributed by atoms with Gasteiger partial charge in [-0.25, -0.2) is 0 Å². The van der Waals surface area contributed by atoms with Crippen LogP contribution >= 0.6 is 11.8 Å². The minimum absolute atomic E-state index is 0.243. The van der Waals surface area contributed by atoms with Crippen LogP contribution in [0.3, 0.4) is 0 Å². The molecule has 0 aliphatic rings. The second-order valence-corrected chi connectivity index (χ2v) is 5.82. The first-order chi connectivity index (χ1) is 7.08. The van der Waals surface area contributed by atoms with Crippen molar-refractivity contribution in [3.8, 4) is 0 Å². The molecule has 0 amide bonds. The molecule has 0 saturated carbocycles. The third-order valence-corrected chi connectivity index (χ3v) is 3.04. The van der Waals surface area contributed by atoms with Crippen molar-refractivity contribution in [3.05, 3.63) is 35.9 Å². The molecule has 1 aromatic rings. The first-order valence-electron chi connectivity index (χ1n) is 5.45. The van der Waals surface area contributed by atoms with Crippen LogP contribution in [0, 0.1) is 0 Å². The first-order valence-corrected chi connectivity index (χ1v) is 6.60.